The van der Waals surface area contributed by atoms with E-state index in [-0.39, 0.29) is 29.4 Å². The highest BCUT2D eigenvalue weighted by atomic mass is 35.5. The predicted molar refractivity (Wildman–Crippen MR) is 76.4 cm³/mol. The van der Waals surface area contributed by atoms with Crippen molar-refractivity contribution in [3.8, 4) is 0 Å². The predicted octanol–water partition coefficient (Wildman–Crippen LogP) is 0.907. The maximum absolute atomic E-state index is 11.1. The number of carbonyl (C=O) groups is 1. The third-order valence-corrected chi connectivity index (χ3v) is 3.33. The van der Waals surface area contributed by atoms with E-state index >= 15 is 0 Å². The van der Waals surface area contributed by atoms with Crippen LogP contribution in [0.2, 0.25) is 5.02 Å². The highest BCUT2D eigenvalue weighted by Gasteiger charge is 2.19. The average Bonchev–Trinajstić information content (AvgIpc) is 2.33. The van der Waals surface area contributed by atoms with E-state index in [0.29, 0.717) is 0 Å². The van der Waals surface area contributed by atoms with Crippen molar-refractivity contribution in [1.82, 2.24) is 4.72 Å². The maximum atomic E-state index is 11.1. The van der Waals surface area contributed by atoms with Crippen LogP contribution in [0.25, 0.3) is 0 Å². The van der Waals surface area contributed by atoms with Gasteiger partial charge in [-0.05, 0) is 0 Å². The van der Waals surface area contributed by atoms with Crippen LogP contribution in [0.1, 0.15) is 10.4 Å². The fraction of sp³-hybridized carbons (Fsp3) is 0.300. The SMILES string of the molecule is CS(=O)(=O)NCCNc1c(Cl)cc([N+](=O)[O-])cc1C(=O)O. The van der Waals surface area contributed by atoms with Crippen LogP contribution < -0.4 is 10.0 Å². The summed E-state index contributed by atoms with van der Waals surface area (Å²) in [6.07, 6.45) is 0.981. The Morgan fingerprint density at radius 2 is 2.05 bits per heavy atom. The number of hydrogen-bond acceptors (Lipinski definition) is 6. The van der Waals surface area contributed by atoms with Crippen LogP contribution in [-0.4, -0.2) is 43.8 Å². The first-order valence-corrected chi connectivity index (χ1v) is 7.78. The number of halogens is 1. The number of hydrogen-bond donors (Lipinski definition) is 3. The third kappa shape index (κ3) is 5.17. The zero-order valence-electron chi connectivity index (χ0n) is 10.8. The Morgan fingerprint density at radius 1 is 1.43 bits per heavy atom. The molecule has 11 heteroatoms. The van der Waals surface area contributed by atoms with Crippen LogP contribution in [0.4, 0.5) is 11.4 Å². The van der Waals surface area contributed by atoms with Gasteiger partial charge in [-0.15, -0.1) is 0 Å². The summed E-state index contributed by atoms with van der Waals surface area (Å²) in [5.74, 6) is -1.39. The van der Waals surface area contributed by atoms with Crippen molar-refractivity contribution >= 4 is 39.0 Å². The lowest BCUT2D eigenvalue weighted by Crippen LogP contribution is -2.28. The lowest BCUT2D eigenvalue weighted by atomic mass is 10.1. The van der Waals surface area contributed by atoms with Crippen LogP contribution in [0.15, 0.2) is 12.1 Å². The number of rotatable bonds is 7. The first-order valence-electron chi connectivity index (χ1n) is 5.51. The highest BCUT2D eigenvalue weighted by molar-refractivity contribution is 7.88. The van der Waals surface area contributed by atoms with E-state index in [1.54, 1.807) is 0 Å². The summed E-state index contributed by atoms with van der Waals surface area (Å²) < 4.78 is 23.9. The number of non-ortho nitro benzene ring substituents is 1. The van der Waals surface area contributed by atoms with E-state index in [1.165, 1.54) is 0 Å². The van der Waals surface area contributed by atoms with Gasteiger partial charge in [0.25, 0.3) is 5.69 Å². The van der Waals surface area contributed by atoms with Gasteiger partial charge in [-0.2, -0.15) is 0 Å². The van der Waals surface area contributed by atoms with Gasteiger partial charge in [-0.25, -0.2) is 17.9 Å². The van der Waals surface area contributed by atoms with Crippen molar-refractivity contribution in [2.75, 3.05) is 24.7 Å². The molecule has 0 saturated carbocycles. The second-order valence-electron chi connectivity index (χ2n) is 4.01. The molecule has 21 heavy (non-hydrogen) atoms. The molecule has 0 aliphatic rings. The van der Waals surface area contributed by atoms with Gasteiger partial charge >= 0.3 is 5.97 Å². The molecule has 3 N–H and O–H groups in total. The molecule has 116 valence electrons. The largest absolute Gasteiger partial charge is 0.478 e. The third-order valence-electron chi connectivity index (χ3n) is 2.31. The number of nitro benzene ring substituents is 1. The number of nitrogens with zero attached hydrogens (tertiary/aromatic N) is 1. The van der Waals surface area contributed by atoms with Crippen molar-refractivity contribution in [3.63, 3.8) is 0 Å². The Kier molecular flexibility index (Phi) is 5.47. The van der Waals surface area contributed by atoms with Crippen molar-refractivity contribution in [2.45, 2.75) is 0 Å². The second kappa shape index (κ2) is 6.70. The fourth-order valence-corrected chi connectivity index (χ4v) is 2.22. The summed E-state index contributed by atoms with van der Waals surface area (Å²) in [7, 11) is -3.36. The zero-order chi connectivity index (χ0) is 16.2. The molecule has 0 saturated heterocycles. The van der Waals surface area contributed by atoms with Gasteiger partial charge in [0.15, 0.2) is 0 Å². The molecule has 1 rings (SSSR count). The molecule has 1 aromatic carbocycles. The number of anilines is 1. The Hall–Kier alpha value is -1.91. The van der Waals surface area contributed by atoms with Gasteiger partial charge in [-0.1, -0.05) is 11.6 Å². The molecule has 0 radical (unpaired) electrons. The Balaban J connectivity index is 2.96. The Bertz CT molecular complexity index is 676. The van der Waals surface area contributed by atoms with Crippen molar-refractivity contribution in [1.29, 1.82) is 0 Å². The summed E-state index contributed by atoms with van der Waals surface area (Å²) in [4.78, 5) is 21.0. The molecule has 0 heterocycles. The molecule has 0 unspecified atom stereocenters. The molecule has 0 aliphatic carbocycles. The average molecular weight is 338 g/mol. The molecule has 0 amide bonds. The molecule has 1 aromatic rings. The quantitative estimate of drug-likeness (QED) is 0.381. The van der Waals surface area contributed by atoms with Gasteiger partial charge < -0.3 is 10.4 Å². The molecule has 0 aromatic heterocycles. The van der Waals surface area contributed by atoms with Crippen LogP contribution in [0.5, 0.6) is 0 Å². The number of nitrogens with one attached hydrogen (secondary N) is 2. The number of carboxylic acid groups (broad SMARTS) is 1. The van der Waals surface area contributed by atoms with Crippen LogP contribution in [0, 0.1) is 10.1 Å². The van der Waals surface area contributed by atoms with Crippen molar-refractivity contribution in [2.24, 2.45) is 0 Å². The van der Waals surface area contributed by atoms with E-state index in [4.69, 9.17) is 16.7 Å². The summed E-state index contributed by atoms with van der Waals surface area (Å²) in [5, 5.41) is 22.2. The smallest absolute Gasteiger partial charge is 0.338 e. The number of sulfonamides is 1. The molecular formula is C10H12ClN3O6S. The molecule has 0 bridgehead atoms. The lowest BCUT2D eigenvalue weighted by molar-refractivity contribution is -0.384. The molecule has 9 nitrogen and oxygen atoms in total. The number of carboxylic acids is 1. The van der Waals surface area contributed by atoms with Crippen LogP contribution >= 0.6 is 11.6 Å². The summed E-state index contributed by atoms with van der Waals surface area (Å²) in [6.45, 7) is 0.0656. The molecular weight excluding hydrogens is 326 g/mol. The van der Waals surface area contributed by atoms with Crippen molar-refractivity contribution < 1.29 is 23.2 Å². The minimum Gasteiger partial charge on any atom is -0.478 e. The molecule has 0 atom stereocenters. The first-order chi connectivity index (χ1) is 9.61. The summed E-state index contributed by atoms with van der Waals surface area (Å²) >= 11 is 5.82. The minimum atomic E-state index is -3.36. The lowest BCUT2D eigenvalue weighted by Gasteiger charge is -2.11. The number of nitro groups is 1. The van der Waals surface area contributed by atoms with E-state index in [2.05, 4.69) is 10.0 Å². The Labute approximate surface area is 125 Å². The van der Waals surface area contributed by atoms with Gasteiger partial charge in [0.1, 0.15) is 0 Å². The number of aromatic carboxylic acids is 1. The van der Waals surface area contributed by atoms with E-state index < -0.39 is 26.6 Å². The second-order valence-corrected chi connectivity index (χ2v) is 6.25. The standard InChI is InChI=1S/C10H12ClN3O6S/c1-21(19,20)13-3-2-12-9-7(10(15)16)4-6(14(17)18)5-8(9)11/h4-5,12-13H,2-3H2,1H3,(H,15,16). The molecule has 0 spiro atoms. The van der Waals surface area contributed by atoms with Gasteiger partial charge in [0, 0.05) is 25.2 Å². The first kappa shape index (κ1) is 17.1. The summed E-state index contributed by atoms with van der Waals surface area (Å²) in [5.41, 5.74) is -0.823. The topological polar surface area (TPSA) is 139 Å². The van der Waals surface area contributed by atoms with Gasteiger partial charge in [0.2, 0.25) is 10.0 Å². The van der Waals surface area contributed by atoms with E-state index in [9.17, 15) is 23.3 Å². The van der Waals surface area contributed by atoms with Crippen molar-refractivity contribution in [3.05, 3.63) is 32.8 Å². The maximum Gasteiger partial charge on any atom is 0.338 e. The number of benzene rings is 1. The minimum absolute atomic E-state index is 0.00517. The van der Waals surface area contributed by atoms with E-state index in [0.717, 1.165) is 18.4 Å². The molecule has 0 aliphatic heterocycles. The monoisotopic (exact) mass is 337 g/mol. The van der Waals surface area contributed by atoms with Gasteiger partial charge in [-0.3, -0.25) is 10.1 Å². The summed E-state index contributed by atoms with van der Waals surface area (Å²) in [6, 6.07) is 1.89. The normalized spacial score (nSPS) is 11.1. The van der Waals surface area contributed by atoms with Crippen LogP contribution in [-0.2, 0) is 10.0 Å². The molecule has 0 fully saturated rings. The Morgan fingerprint density at radius 3 is 2.52 bits per heavy atom. The fourth-order valence-electron chi connectivity index (χ4n) is 1.47. The van der Waals surface area contributed by atoms with Gasteiger partial charge in [0.05, 0.1) is 27.5 Å². The van der Waals surface area contributed by atoms with E-state index in [1.807, 2.05) is 0 Å². The highest BCUT2D eigenvalue weighted by Crippen LogP contribution is 2.31. The zero-order valence-corrected chi connectivity index (χ0v) is 12.4. The van der Waals surface area contributed by atoms with Crippen LogP contribution in [0.3, 0.4) is 0 Å².